The summed E-state index contributed by atoms with van der Waals surface area (Å²) in [6.07, 6.45) is 7.36. The van der Waals surface area contributed by atoms with Gasteiger partial charge in [-0.25, -0.2) is 0 Å². The van der Waals surface area contributed by atoms with Gasteiger partial charge in [0, 0.05) is 17.8 Å². The van der Waals surface area contributed by atoms with Crippen LogP contribution in [-0.2, 0) is 0 Å². The predicted molar refractivity (Wildman–Crippen MR) is 54.6 cm³/mol. The zero-order valence-corrected chi connectivity index (χ0v) is 8.24. The van der Waals surface area contributed by atoms with Crippen molar-refractivity contribution in [2.75, 3.05) is 0 Å². The molecule has 0 saturated heterocycles. The summed E-state index contributed by atoms with van der Waals surface area (Å²) in [6.45, 7) is 2.36. The SMILES string of the molecule is CC1CCCC(c2ccccn2)C1. The minimum absolute atomic E-state index is 0.727. The van der Waals surface area contributed by atoms with Gasteiger partial charge in [0.1, 0.15) is 0 Å². The molecule has 0 aliphatic heterocycles. The molecule has 1 fully saturated rings. The summed E-state index contributed by atoms with van der Waals surface area (Å²) in [4.78, 5) is 4.44. The van der Waals surface area contributed by atoms with E-state index >= 15 is 0 Å². The van der Waals surface area contributed by atoms with E-state index in [0.29, 0.717) is 0 Å². The van der Waals surface area contributed by atoms with Crippen molar-refractivity contribution in [2.24, 2.45) is 5.92 Å². The van der Waals surface area contributed by atoms with Crippen molar-refractivity contribution in [1.82, 2.24) is 4.98 Å². The first-order valence-corrected chi connectivity index (χ1v) is 5.27. The first-order chi connectivity index (χ1) is 6.36. The Morgan fingerprint density at radius 2 is 2.23 bits per heavy atom. The molecule has 0 radical (unpaired) electrons. The molecular formula is C12H17N. The maximum Gasteiger partial charge on any atom is 0.0434 e. The van der Waals surface area contributed by atoms with E-state index in [-0.39, 0.29) is 0 Å². The predicted octanol–water partition coefficient (Wildman–Crippen LogP) is 3.38. The van der Waals surface area contributed by atoms with Crippen molar-refractivity contribution in [3.05, 3.63) is 30.1 Å². The van der Waals surface area contributed by atoms with Crippen LogP contribution in [0.2, 0.25) is 0 Å². The topological polar surface area (TPSA) is 12.9 Å². The van der Waals surface area contributed by atoms with Gasteiger partial charge in [0.05, 0.1) is 0 Å². The molecule has 1 heterocycles. The van der Waals surface area contributed by atoms with Crippen LogP contribution in [0, 0.1) is 5.92 Å². The highest BCUT2D eigenvalue weighted by molar-refractivity contribution is 5.10. The fraction of sp³-hybridized carbons (Fsp3) is 0.583. The summed E-state index contributed by atoms with van der Waals surface area (Å²) in [5, 5.41) is 0. The van der Waals surface area contributed by atoms with E-state index in [1.165, 1.54) is 31.4 Å². The van der Waals surface area contributed by atoms with E-state index in [4.69, 9.17) is 0 Å². The second kappa shape index (κ2) is 3.91. The second-order valence-electron chi connectivity index (χ2n) is 4.22. The molecular weight excluding hydrogens is 158 g/mol. The Morgan fingerprint density at radius 3 is 2.92 bits per heavy atom. The van der Waals surface area contributed by atoms with Gasteiger partial charge in [-0.2, -0.15) is 0 Å². The van der Waals surface area contributed by atoms with Crippen LogP contribution in [0.4, 0.5) is 0 Å². The van der Waals surface area contributed by atoms with E-state index in [9.17, 15) is 0 Å². The zero-order chi connectivity index (χ0) is 9.10. The molecule has 0 spiro atoms. The first kappa shape index (κ1) is 8.74. The van der Waals surface area contributed by atoms with Gasteiger partial charge in [-0.3, -0.25) is 4.98 Å². The molecule has 0 aromatic carbocycles. The highest BCUT2D eigenvalue weighted by Gasteiger charge is 2.20. The molecule has 1 aromatic heterocycles. The Hall–Kier alpha value is -0.850. The molecule has 2 rings (SSSR count). The molecule has 1 heteroatoms. The Kier molecular flexibility index (Phi) is 2.62. The van der Waals surface area contributed by atoms with Gasteiger partial charge < -0.3 is 0 Å². The summed E-state index contributed by atoms with van der Waals surface area (Å²) in [6, 6.07) is 6.26. The van der Waals surface area contributed by atoms with Gasteiger partial charge in [0.25, 0.3) is 0 Å². The molecule has 1 saturated carbocycles. The fourth-order valence-corrected chi connectivity index (χ4v) is 2.32. The van der Waals surface area contributed by atoms with E-state index in [1.807, 2.05) is 12.3 Å². The van der Waals surface area contributed by atoms with Crippen LogP contribution in [-0.4, -0.2) is 4.98 Å². The molecule has 1 aliphatic carbocycles. The fourth-order valence-electron chi connectivity index (χ4n) is 2.32. The third-order valence-electron chi connectivity index (χ3n) is 3.04. The Bertz CT molecular complexity index is 255. The molecule has 0 amide bonds. The normalized spacial score (nSPS) is 28.7. The number of rotatable bonds is 1. The lowest BCUT2D eigenvalue weighted by molar-refractivity contribution is 0.340. The smallest absolute Gasteiger partial charge is 0.0434 e. The van der Waals surface area contributed by atoms with Gasteiger partial charge >= 0.3 is 0 Å². The molecule has 1 nitrogen and oxygen atoms in total. The summed E-state index contributed by atoms with van der Waals surface area (Å²) >= 11 is 0. The van der Waals surface area contributed by atoms with Crippen LogP contribution in [0.3, 0.4) is 0 Å². The van der Waals surface area contributed by atoms with Gasteiger partial charge in [-0.1, -0.05) is 25.8 Å². The van der Waals surface area contributed by atoms with Crippen LogP contribution in [0.5, 0.6) is 0 Å². The summed E-state index contributed by atoms with van der Waals surface area (Å²) < 4.78 is 0. The quantitative estimate of drug-likeness (QED) is 0.637. The third-order valence-corrected chi connectivity index (χ3v) is 3.04. The van der Waals surface area contributed by atoms with Gasteiger partial charge in [-0.15, -0.1) is 0 Å². The molecule has 70 valence electrons. The number of hydrogen-bond acceptors (Lipinski definition) is 1. The van der Waals surface area contributed by atoms with Crippen molar-refractivity contribution in [1.29, 1.82) is 0 Å². The molecule has 0 N–H and O–H groups in total. The number of aromatic nitrogens is 1. The Labute approximate surface area is 80.2 Å². The maximum absolute atomic E-state index is 4.44. The van der Waals surface area contributed by atoms with Gasteiger partial charge in [-0.05, 0) is 30.9 Å². The van der Waals surface area contributed by atoms with E-state index < -0.39 is 0 Å². The monoisotopic (exact) mass is 175 g/mol. The lowest BCUT2D eigenvalue weighted by atomic mass is 9.81. The Balaban J connectivity index is 2.08. The molecule has 13 heavy (non-hydrogen) atoms. The number of hydrogen-bond donors (Lipinski definition) is 0. The molecule has 1 aliphatic rings. The summed E-state index contributed by atoms with van der Waals surface area (Å²) in [5.74, 6) is 1.62. The molecule has 1 aromatic rings. The van der Waals surface area contributed by atoms with Gasteiger partial charge in [0.15, 0.2) is 0 Å². The van der Waals surface area contributed by atoms with Crippen LogP contribution in [0.25, 0.3) is 0 Å². The number of nitrogens with zero attached hydrogens (tertiary/aromatic N) is 1. The van der Waals surface area contributed by atoms with Crippen LogP contribution < -0.4 is 0 Å². The minimum atomic E-state index is 0.727. The largest absolute Gasteiger partial charge is 0.261 e. The van der Waals surface area contributed by atoms with Crippen molar-refractivity contribution in [3.63, 3.8) is 0 Å². The van der Waals surface area contributed by atoms with Crippen molar-refractivity contribution >= 4 is 0 Å². The third kappa shape index (κ3) is 2.09. The highest BCUT2D eigenvalue weighted by Crippen LogP contribution is 2.34. The standard InChI is InChI=1S/C12H17N/c1-10-5-4-6-11(9-10)12-7-2-3-8-13-12/h2-3,7-8,10-11H,4-6,9H2,1H3. The average molecular weight is 175 g/mol. The van der Waals surface area contributed by atoms with Crippen LogP contribution in [0.1, 0.15) is 44.2 Å². The van der Waals surface area contributed by atoms with Crippen molar-refractivity contribution < 1.29 is 0 Å². The summed E-state index contributed by atoms with van der Waals surface area (Å²) in [5.41, 5.74) is 1.30. The van der Waals surface area contributed by atoms with Crippen molar-refractivity contribution in [2.45, 2.75) is 38.5 Å². The second-order valence-corrected chi connectivity index (χ2v) is 4.22. The van der Waals surface area contributed by atoms with E-state index in [0.717, 1.165) is 11.8 Å². The first-order valence-electron chi connectivity index (χ1n) is 5.27. The van der Waals surface area contributed by atoms with E-state index in [2.05, 4.69) is 24.0 Å². The van der Waals surface area contributed by atoms with E-state index in [1.54, 1.807) is 0 Å². The van der Waals surface area contributed by atoms with Gasteiger partial charge in [0.2, 0.25) is 0 Å². The lowest BCUT2D eigenvalue weighted by Crippen LogP contribution is -2.12. The minimum Gasteiger partial charge on any atom is -0.261 e. The average Bonchev–Trinajstić information content (AvgIpc) is 2.19. The molecule has 2 atom stereocenters. The summed E-state index contributed by atoms with van der Waals surface area (Å²) in [7, 11) is 0. The van der Waals surface area contributed by atoms with Crippen LogP contribution in [0.15, 0.2) is 24.4 Å². The zero-order valence-electron chi connectivity index (χ0n) is 8.24. The molecule has 0 bridgehead atoms. The van der Waals surface area contributed by atoms with Crippen LogP contribution >= 0.6 is 0 Å². The Morgan fingerprint density at radius 1 is 1.31 bits per heavy atom. The lowest BCUT2D eigenvalue weighted by Gasteiger charge is -2.26. The molecule has 2 unspecified atom stereocenters. The number of pyridine rings is 1. The maximum atomic E-state index is 4.44. The van der Waals surface area contributed by atoms with Crippen molar-refractivity contribution in [3.8, 4) is 0 Å². The highest BCUT2D eigenvalue weighted by atomic mass is 14.7.